The molecule has 0 heterocycles. The zero-order chi connectivity index (χ0) is 39.9. The topological polar surface area (TPSA) is 192 Å². The van der Waals surface area contributed by atoms with Crippen molar-refractivity contribution in [3.05, 3.63) is 12.2 Å². The van der Waals surface area contributed by atoms with Gasteiger partial charge in [-0.2, -0.15) is 0 Å². The van der Waals surface area contributed by atoms with Gasteiger partial charge in [0, 0.05) is 13.0 Å². The van der Waals surface area contributed by atoms with Gasteiger partial charge in [-0.3, -0.25) is 13.8 Å². The Labute approximate surface area is 327 Å². The van der Waals surface area contributed by atoms with E-state index in [1.807, 2.05) is 0 Å². The third kappa shape index (κ3) is 25.4. The van der Waals surface area contributed by atoms with Crippen LogP contribution in [-0.2, 0) is 27.9 Å². The van der Waals surface area contributed by atoms with Gasteiger partial charge in [0.05, 0.1) is 13.2 Å². The number of hydrogen-bond donors (Lipinski definition) is 6. The van der Waals surface area contributed by atoms with Crippen molar-refractivity contribution in [2.45, 2.75) is 224 Å². The predicted octanol–water partition coefficient (Wildman–Crippen LogP) is 7.97. The van der Waals surface area contributed by atoms with Gasteiger partial charge in [0.1, 0.15) is 42.7 Å². The monoisotopic (exact) mass is 795 g/mol. The Kier molecular flexibility index (Phi) is 31.3. The molecule has 6 atom stereocenters. The summed E-state index contributed by atoms with van der Waals surface area (Å²) >= 11 is 0. The molecular weight excluding hydrogens is 715 g/mol. The van der Waals surface area contributed by atoms with Gasteiger partial charge in [-0.15, -0.1) is 0 Å². The average molecular weight is 795 g/mol. The van der Waals surface area contributed by atoms with Crippen molar-refractivity contribution in [2.75, 3.05) is 19.8 Å². The van der Waals surface area contributed by atoms with Crippen molar-refractivity contribution in [1.29, 1.82) is 0 Å². The fourth-order valence-electron chi connectivity index (χ4n) is 6.64. The predicted molar refractivity (Wildman–Crippen MR) is 212 cm³/mol. The highest BCUT2D eigenvalue weighted by Crippen LogP contribution is 2.47. The Bertz CT molecular complexity index is 952. The van der Waals surface area contributed by atoms with Crippen LogP contribution in [0.25, 0.3) is 0 Å². The molecule has 1 rings (SSSR count). The molecule has 54 heavy (non-hydrogen) atoms. The zero-order valence-corrected chi connectivity index (χ0v) is 34.7. The van der Waals surface area contributed by atoms with Gasteiger partial charge in [0.2, 0.25) is 0 Å². The van der Waals surface area contributed by atoms with Crippen LogP contribution in [0.1, 0.15) is 181 Å². The number of carbonyl (C=O) groups is 1. The van der Waals surface area contributed by atoms with Crippen LogP contribution >= 0.6 is 7.82 Å². The van der Waals surface area contributed by atoms with Gasteiger partial charge in [0.15, 0.2) is 0 Å². The van der Waals surface area contributed by atoms with E-state index in [0.29, 0.717) is 13.0 Å². The molecule has 13 heteroatoms. The van der Waals surface area contributed by atoms with Crippen molar-refractivity contribution in [2.24, 2.45) is 0 Å². The summed E-state index contributed by atoms with van der Waals surface area (Å²) in [6.07, 6.45) is 21.4. The fourth-order valence-corrected chi connectivity index (χ4v) is 7.62. The van der Waals surface area contributed by atoms with Gasteiger partial charge < -0.3 is 39.9 Å². The van der Waals surface area contributed by atoms with E-state index in [0.717, 1.165) is 51.4 Å². The maximum Gasteiger partial charge on any atom is 0.472 e. The third-order valence-corrected chi connectivity index (χ3v) is 11.1. The molecule has 0 amide bonds. The molecule has 0 aliphatic heterocycles. The molecule has 6 unspecified atom stereocenters. The van der Waals surface area contributed by atoms with Gasteiger partial charge in [-0.05, 0) is 38.5 Å². The minimum atomic E-state index is -5.01. The quantitative estimate of drug-likeness (QED) is 0.0155. The van der Waals surface area contributed by atoms with Crippen LogP contribution in [0.3, 0.4) is 0 Å². The maximum atomic E-state index is 12.8. The van der Waals surface area contributed by atoms with Crippen molar-refractivity contribution in [1.82, 2.24) is 0 Å². The lowest BCUT2D eigenvalue weighted by Crippen LogP contribution is -2.64. The standard InChI is InChI=1S/C41H79O12P/c1-3-5-7-9-11-13-15-17-18-19-21-23-25-27-29-31-50-32-34(52-35(42)30-28-26-24-22-20-16-14-12-10-8-6-4-2)33-51-54(48,49)53-41-39(46)37(44)36(43)38(45)40(41)47/h15,17,34,36-41,43-47H,3-14,16,18-33H2,1-2H3,(H,48,49)/b17-15-. The maximum absolute atomic E-state index is 12.8. The molecule has 320 valence electrons. The van der Waals surface area contributed by atoms with E-state index in [-0.39, 0.29) is 13.0 Å². The molecule has 0 aromatic carbocycles. The molecule has 0 saturated heterocycles. The molecule has 0 aromatic heterocycles. The number of carbonyl (C=O) groups excluding carboxylic acids is 1. The number of rotatable bonds is 36. The molecule has 0 aromatic rings. The van der Waals surface area contributed by atoms with Gasteiger partial charge in [0.25, 0.3) is 0 Å². The Morgan fingerprint density at radius 1 is 0.574 bits per heavy atom. The molecule has 6 N–H and O–H groups in total. The molecule has 0 bridgehead atoms. The third-order valence-electron chi connectivity index (χ3n) is 10.1. The summed E-state index contributed by atoms with van der Waals surface area (Å²) < 4.78 is 34.1. The summed E-state index contributed by atoms with van der Waals surface area (Å²) in [6.45, 7) is 4.23. The normalized spacial score (nSPS) is 23.5. The van der Waals surface area contributed by atoms with Crippen LogP contribution in [0.4, 0.5) is 0 Å². The van der Waals surface area contributed by atoms with Gasteiger partial charge >= 0.3 is 13.8 Å². The number of aliphatic hydroxyl groups is 5. The van der Waals surface area contributed by atoms with Gasteiger partial charge in [-0.1, -0.05) is 148 Å². The largest absolute Gasteiger partial charge is 0.472 e. The summed E-state index contributed by atoms with van der Waals surface area (Å²) in [5.74, 6) is -0.479. The van der Waals surface area contributed by atoms with E-state index in [1.54, 1.807) is 0 Å². The van der Waals surface area contributed by atoms with E-state index in [2.05, 4.69) is 26.0 Å². The molecule has 1 saturated carbocycles. The first-order valence-electron chi connectivity index (χ1n) is 21.5. The van der Waals surface area contributed by atoms with Crippen LogP contribution in [0.5, 0.6) is 0 Å². The molecule has 0 spiro atoms. The van der Waals surface area contributed by atoms with Crippen molar-refractivity contribution < 1.29 is 58.3 Å². The lowest BCUT2D eigenvalue weighted by Gasteiger charge is -2.41. The molecule has 1 aliphatic rings. The van der Waals surface area contributed by atoms with E-state index < -0.39 is 63.1 Å². The smallest absolute Gasteiger partial charge is 0.457 e. The molecular formula is C41H79O12P. The highest BCUT2D eigenvalue weighted by Gasteiger charge is 2.51. The number of unbranched alkanes of at least 4 members (excludes halogenated alkanes) is 22. The fraction of sp³-hybridized carbons (Fsp3) is 0.927. The second-order valence-electron chi connectivity index (χ2n) is 15.2. The number of aliphatic hydroxyl groups excluding tert-OH is 5. The molecule has 0 radical (unpaired) electrons. The number of esters is 1. The van der Waals surface area contributed by atoms with E-state index in [9.17, 15) is 39.8 Å². The van der Waals surface area contributed by atoms with Crippen LogP contribution in [-0.4, -0.2) is 98.9 Å². The van der Waals surface area contributed by atoms with Crippen molar-refractivity contribution in [3.8, 4) is 0 Å². The first-order valence-corrected chi connectivity index (χ1v) is 23.0. The Morgan fingerprint density at radius 2 is 0.981 bits per heavy atom. The molecule has 12 nitrogen and oxygen atoms in total. The van der Waals surface area contributed by atoms with E-state index in [1.165, 1.54) is 103 Å². The van der Waals surface area contributed by atoms with E-state index in [4.69, 9.17) is 18.5 Å². The first-order chi connectivity index (χ1) is 26.0. The summed E-state index contributed by atoms with van der Waals surface area (Å²) in [6, 6.07) is 0. The first kappa shape index (κ1) is 51.1. The van der Waals surface area contributed by atoms with Gasteiger partial charge in [-0.25, -0.2) is 4.57 Å². The summed E-state index contributed by atoms with van der Waals surface area (Å²) in [5.41, 5.74) is 0. The summed E-state index contributed by atoms with van der Waals surface area (Å²) in [5, 5.41) is 50.0. The van der Waals surface area contributed by atoms with Crippen LogP contribution in [0, 0.1) is 0 Å². The van der Waals surface area contributed by atoms with Crippen LogP contribution in [0.2, 0.25) is 0 Å². The van der Waals surface area contributed by atoms with Crippen molar-refractivity contribution in [3.63, 3.8) is 0 Å². The average Bonchev–Trinajstić information content (AvgIpc) is 3.15. The number of phosphoric ester groups is 1. The Balaban J connectivity index is 2.43. The Morgan fingerprint density at radius 3 is 1.46 bits per heavy atom. The summed E-state index contributed by atoms with van der Waals surface area (Å²) in [4.78, 5) is 23.1. The summed E-state index contributed by atoms with van der Waals surface area (Å²) in [7, 11) is -5.01. The number of hydrogen-bond acceptors (Lipinski definition) is 11. The lowest BCUT2D eigenvalue weighted by molar-refractivity contribution is -0.220. The molecule has 1 aliphatic carbocycles. The second-order valence-corrected chi connectivity index (χ2v) is 16.6. The molecule has 1 fully saturated rings. The highest BCUT2D eigenvalue weighted by molar-refractivity contribution is 7.47. The van der Waals surface area contributed by atoms with Crippen LogP contribution < -0.4 is 0 Å². The minimum Gasteiger partial charge on any atom is -0.457 e. The minimum absolute atomic E-state index is 0.0760. The highest BCUT2D eigenvalue weighted by atomic mass is 31.2. The lowest BCUT2D eigenvalue weighted by atomic mass is 9.85. The number of phosphoric acid groups is 1. The second kappa shape index (κ2) is 33.1. The SMILES string of the molecule is CCCCCCC/C=C\CCCCCCCCOCC(COP(=O)(O)OC1C(O)C(O)C(O)C(O)C1O)OC(=O)CCCCCCCCCCCCCC. The van der Waals surface area contributed by atoms with E-state index >= 15 is 0 Å². The number of allylic oxidation sites excluding steroid dienone is 2. The zero-order valence-electron chi connectivity index (χ0n) is 33.8. The number of ether oxygens (including phenoxy) is 2. The van der Waals surface area contributed by atoms with Crippen LogP contribution in [0.15, 0.2) is 12.2 Å². The van der Waals surface area contributed by atoms with Crippen molar-refractivity contribution >= 4 is 13.8 Å². The Hall–Kier alpha value is -0.920.